The first kappa shape index (κ1) is 33.0. The van der Waals surface area contributed by atoms with Crippen molar-refractivity contribution in [3.8, 4) is 11.1 Å². The zero-order valence-electron chi connectivity index (χ0n) is 26.2. The van der Waals surface area contributed by atoms with Crippen LogP contribution in [0, 0.1) is 12.3 Å². The van der Waals surface area contributed by atoms with Crippen LogP contribution >= 0.6 is 0 Å². The van der Waals surface area contributed by atoms with Gasteiger partial charge in [0.2, 0.25) is 0 Å². The summed E-state index contributed by atoms with van der Waals surface area (Å²) in [6.07, 6.45) is 4.30. The molecule has 5 rings (SSSR count). The number of benzene rings is 3. The molecule has 1 fully saturated rings. The molecule has 1 saturated heterocycles. The molecule has 1 aliphatic rings. The van der Waals surface area contributed by atoms with Gasteiger partial charge in [0.1, 0.15) is 0 Å². The van der Waals surface area contributed by atoms with Crippen LogP contribution in [0.5, 0.6) is 0 Å². The minimum Gasteiger partial charge on any atom is -0.372 e. The van der Waals surface area contributed by atoms with E-state index in [1.165, 1.54) is 35.1 Å². The average Bonchev–Trinajstić information content (AvgIpc) is 3.04. The largest absolute Gasteiger partial charge is 0.372 e. The Morgan fingerprint density at radius 1 is 0.857 bits per heavy atom. The third-order valence-electron chi connectivity index (χ3n) is 7.85. The second kappa shape index (κ2) is 17.4. The molecule has 2 heterocycles. The first-order chi connectivity index (χ1) is 20.6. The van der Waals surface area contributed by atoms with Crippen LogP contribution in [0.3, 0.4) is 0 Å². The fourth-order valence-electron chi connectivity index (χ4n) is 5.59. The number of piperidine rings is 1. The SMILES string of the molecule is CC.CF.Cc1ccccc1-c1cccc(CN2CCC(C)(CN(CNc3ccccc3)Cc3ccccn3)CC2)c1. The van der Waals surface area contributed by atoms with Crippen molar-refractivity contribution in [2.45, 2.75) is 53.6 Å². The number of aryl methyl sites for hydroxylation is 1. The molecule has 0 saturated carbocycles. The molecule has 224 valence electrons. The first-order valence-electron chi connectivity index (χ1n) is 15.2. The predicted octanol–water partition coefficient (Wildman–Crippen LogP) is 8.84. The topological polar surface area (TPSA) is 31.4 Å². The van der Waals surface area contributed by atoms with Crippen LogP contribution in [-0.4, -0.2) is 48.3 Å². The van der Waals surface area contributed by atoms with E-state index in [0.717, 1.165) is 50.8 Å². The summed E-state index contributed by atoms with van der Waals surface area (Å²) in [5.74, 6) is 0. The summed E-state index contributed by atoms with van der Waals surface area (Å²) in [6.45, 7) is 14.7. The number of aromatic nitrogens is 1. The molecule has 3 aromatic carbocycles. The molecule has 0 aliphatic carbocycles. The number of hydrogen-bond donors (Lipinski definition) is 1. The number of hydrogen-bond acceptors (Lipinski definition) is 4. The van der Waals surface area contributed by atoms with Crippen molar-refractivity contribution in [2.75, 3.05) is 38.8 Å². The molecule has 4 aromatic rings. The standard InChI is InChI=1S/C34H40N4.C2H6.CH3F/c1-28-11-6-7-17-33(28)30-13-10-12-29(23-30)24-37-21-18-34(2,19-22-37)26-38(25-32-16-8-9-20-35-32)27-36-31-14-4-3-5-15-31;2*1-2/h3-17,20,23,36H,18-19,21-22,24-27H2,1-2H3;1-2H3;1H3. The van der Waals surface area contributed by atoms with E-state index in [9.17, 15) is 4.39 Å². The lowest BCUT2D eigenvalue weighted by Crippen LogP contribution is -2.45. The van der Waals surface area contributed by atoms with Gasteiger partial charge in [-0.3, -0.25) is 19.2 Å². The van der Waals surface area contributed by atoms with Crippen molar-refractivity contribution in [2.24, 2.45) is 5.41 Å². The highest BCUT2D eigenvalue weighted by molar-refractivity contribution is 5.67. The highest BCUT2D eigenvalue weighted by Gasteiger charge is 2.32. The Balaban J connectivity index is 0.00000116. The molecular weight excluding hydrogens is 519 g/mol. The van der Waals surface area contributed by atoms with Crippen LogP contribution in [0.2, 0.25) is 0 Å². The zero-order valence-corrected chi connectivity index (χ0v) is 26.2. The molecule has 1 N–H and O–H groups in total. The van der Waals surface area contributed by atoms with Gasteiger partial charge < -0.3 is 5.32 Å². The Labute approximate surface area is 253 Å². The monoisotopic (exact) mass is 568 g/mol. The highest BCUT2D eigenvalue weighted by atomic mass is 19.1. The average molecular weight is 569 g/mol. The molecule has 4 nitrogen and oxygen atoms in total. The lowest BCUT2D eigenvalue weighted by atomic mass is 9.79. The molecule has 0 bridgehead atoms. The lowest BCUT2D eigenvalue weighted by Gasteiger charge is -2.42. The smallest absolute Gasteiger partial charge is 0.0785 e. The van der Waals surface area contributed by atoms with Crippen LogP contribution in [0.15, 0.2) is 103 Å². The summed E-state index contributed by atoms with van der Waals surface area (Å²) in [6, 6.07) is 34.5. The van der Waals surface area contributed by atoms with E-state index in [0.29, 0.717) is 7.18 Å². The number of rotatable bonds is 10. The number of pyridine rings is 1. The molecule has 1 aromatic heterocycles. The third-order valence-corrected chi connectivity index (χ3v) is 7.85. The van der Waals surface area contributed by atoms with Gasteiger partial charge in [-0.25, -0.2) is 0 Å². The van der Waals surface area contributed by atoms with E-state index in [2.05, 4.69) is 125 Å². The molecule has 42 heavy (non-hydrogen) atoms. The van der Waals surface area contributed by atoms with E-state index in [-0.39, 0.29) is 5.41 Å². The maximum Gasteiger partial charge on any atom is 0.0785 e. The maximum atomic E-state index is 9.50. The Morgan fingerprint density at radius 3 is 2.24 bits per heavy atom. The van der Waals surface area contributed by atoms with Gasteiger partial charge in [0, 0.05) is 31.5 Å². The van der Waals surface area contributed by atoms with Crippen molar-refractivity contribution in [1.29, 1.82) is 0 Å². The second-order valence-corrected chi connectivity index (χ2v) is 11.1. The number of anilines is 1. The summed E-state index contributed by atoms with van der Waals surface area (Å²) in [5, 5.41) is 3.62. The van der Waals surface area contributed by atoms with E-state index in [4.69, 9.17) is 0 Å². The fraction of sp³-hybridized carbons (Fsp3) is 0.378. The molecule has 0 atom stereocenters. The normalized spacial score (nSPS) is 14.3. The van der Waals surface area contributed by atoms with Gasteiger partial charge in [0.25, 0.3) is 0 Å². The molecule has 0 amide bonds. The Kier molecular flexibility index (Phi) is 13.7. The maximum absolute atomic E-state index is 9.50. The van der Waals surface area contributed by atoms with Gasteiger partial charge >= 0.3 is 0 Å². The van der Waals surface area contributed by atoms with E-state index >= 15 is 0 Å². The van der Waals surface area contributed by atoms with Crippen LogP contribution in [0.1, 0.15) is 50.4 Å². The Morgan fingerprint density at radius 2 is 1.55 bits per heavy atom. The summed E-state index contributed by atoms with van der Waals surface area (Å²) in [5.41, 5.74) is 7.94. The molecule has 0 unspecified atom stereocenters. The van der Waals surface area contributed by atoms with Crippen molar-refractivity contribution >= 4 is 5.69 Å². The fourth-order valence-corrected chi connectivity index (χ4v) is 5.59. The van der Waals surface area contributed by atoms with Gasteiger partial charge in [-0.2, -0.15) is 0 Å². The Hall–Kier alpha value is -3.54. The quantitative estimate of drug-likeness (QED) is 0.194. The number of halogens is 1. The van der Waals surface area contributed by atoms with Crippen molar-refractivity contribution in [3.63, 3.8) is 0 Å². The van der Waals surface area contributed by atoms with Crippen molar-refractivity contribution < 1.29 is 4.39 Å². The zero-order chi connectivity index (χ0) is 30.2. The number of nitrogens with one attached hydrogen (secondary N) is 1. The molecule has 0 radical (unpaired) electrons. The molecular formula is C37H49FN4. The number of nitrogens with zero attached hydrogens (tertiary/aromatic N) is 3. The van der Waals surface area contributed by atoms with Gasteiger partial charge in [0.15, 0.2) is 0 Å². The van der Waals surface area contributed by atoms with Crippen molar-refractivity contribution in [3.05, 3.63) is 120 Å². The highest BCUT2D eigenvalue weighted by Crippen LogP contribution is 2.33. The molecule has 1 aliphatic heterocycles. The summed E-state index contributed by atoms with van der Waals surface area (Å²) in [4.78, 5) is 9.76. The van der Waals surface area contributed by atoms with E-state index in [1.54, 1.807) is 0 Å². The van der Waals surface area contributed by atoms with Gasteiger partial charge in [-0.15, -0.1) is 0 Å². The molecule has 0 spiro atoms. The number of likely N-dealkylation sites (tertiary alicyclic amines) is 1. The van der Waals surface area contributed by atoms with Crippen LogP contribution in [-0.2, 0) is 13.1 Å². The first-order valence-corrected chi connectivity index (χ1v) is 15.2. The van der Waals surface area contributed by atoms with Gasteiger partial charge in [-0.1, -0.05) is 87.5 Å². The van der Waals surface area contributed by atoms with E-state index < -0.39 is 0 Å². The number of para-hydroxylation sites is 1. The van der Waals surface area contributed by atoms with E-state index in [1.807, 2.05) is 26.1 Å². The minimum absolute atomic E-state index is 0.284. The minimum atomic E-state index is 0.284. The van der Waals surface area contributed by atoms with Crippen LogP contribution in [0.4, 0.5) is 10.1 Å². The lowest BCUT2D eigenvalue weighted by molar-refractivity contribution is 0.0711. The van der Waals surface area contributed by atoms with Crippen molar-refractivity contribution in [1.82, 2.24) is 14.8 Å². The third kappa shape index (κ3) is 10.1. The second-order valence-electron chi connectivity index (χ2n) is 11.1. The van der Waals surface area contributed by atoms with Crippen LogP contribution < -0.4 is 5.32 Å². The summed E-state index contributed by atoms with van der Waals surface area (Å²) >= 11 is 0. The van der Waals surface area contributed by atoms with Crippen LogP contribution in [0.25, 0.3) is 11.1 Å². The van der Waals surface area contributed by atoms with Gasteiger partial charge in [0.05, 0.1) is 19.5 Å². The Bertz CT molecular complexity index is 1290. The summed E-state index contributed by atoms with van der Waals surface area (Å²) < 4.78 is 9.50. The van der Waals surface area contributed by atoms with Gasteiger partial charge in [-0.05, 0) is 90.9 Å². The predicted molar refractivity (Wildman–Crippen MR) is 177 cm³/mol. The molecule has 5 heteroatoms. The number of alkyl halides is 1. The summed E-state index contributed by atoms with van der Waals surface area (Å²) in [7, 11) is 0.500.